The number of nitrogens with one attached hydrogen (secondary N) is 1. The van der Waals surface area contributed by atoms with E-state index in [1.807, 2.05) is 34.5 Å². The van der Waals surface area contributed by atoms with Gasteiger partial charge in [-0.2, -0.15) is 0 Å². The van der Waals surface area contributed by atoms with Gasteiger partial charge in [-0.15, -0.1) is 11.3 Å². The number of methoxy groups -OCH3 is 1. The Balaban J connectivity index is 1.44. The molecule has 0 spiro atoms. The number of para-hydroxylation sites is 1. The maximum Gasteiger partial charge on any atom is 0.261 e. The predicted molar refractivity (Wildman–Crippen MR) is 102 cm³/mol. The minimum absolute atomic E-state index is 0.00750. The lowest BCUT2D eigenvalue weighted by atomic mass is 10.1. The topological polar surface area (TPSA) is 61.9 Å². The van der Waals surface area contributed by atoms with E-state index in [2.05, 4.69) is 10.2 Å². The van der Waals surface area contributed by atoms with Crippen LogP contribution in [0.3, 0.4) is 0 Å². The molecule has 1 fully saturated rings. The molecule has 0 atom stereocenters. The molecule has 1 aliphatic heterocycles. The van der Waals surface area contributed by atoms with Crippen molar-refractivity contribution in [3.05, 3.63) is 52.2 Å². The van der Waals surface area contributed by atoms with Crippen molar-refractivity contribution in [1.29, 1.82) is 0 Å². The molecular formula is C19H23N3O3S. The van der Waals surface area contributed by atoms with Gasteiger partial charge >= 0.3 is 0 Å². The molecule has 2 amide bonds. The highest BCUT2D eigenvalue weighted by atomic mass is 32.1. The van der Waals surface area contributed by atoms with Crippen molar-refractivity contribution >= 4 is 23.2 Å². The lowest BCUT2D eigenvalue weighted by Crippen LogP contribution is -2.50. The van der Waals surface area contributed by atoms with E-state index >= 15 is 0 Å². The van der Waals surface area contributed by atoms with Gasteiger partial charge in [-0.1, -0.05) is 18.2 Å². The molecule has 6 nitrogen and oxygen atoms in total. The molecule has 2 heterocycles. The summed E-state index contributed by atoms with van der Waals surface area (Å²) in [5.41, 5.74) is 0.603. The summed E-state index contributed by atoms with van der Waals surface area (Å²) in [4.78, 5) is 29.5. The Kier molecular flexibility index (Phi) is 6.25. The van der Waals surface area contributed by atoms with Crippen LogP contribution in [-0.2, 0) is 0 Å². The van der Waals surface area contributed by atoms with Crippen molar-refractivity contribution in [2.24, 2.45) is 0 Å². The molecule has 1 saturated heterocycles. The van der Waals surface area contributed by atoms with E-state index in [4.69, 9.17) is 4.74 Å². The molecule has 1 N–H and O–H groups in total. The van der Waals surface area contributed by atoms with Crippen molar-refractivity contribution in [1.82, 2.24) is 15.1 Å². The molecule has 0 saturated carbocycles. The Morgan fingerprint density at radius 2 is 1.88 bits per heavy atom. The number of carbonyl (C=O) groups is 2. The zero-order chi connectivity index (χ0) is 18.4. The summed E-state index contributed by atoms with van der Waals surface area (Å²) in [6.07, 6.45) is 0. The summed E-state index contributed by atoms with van der Waals surface area (Å²) in [7, 11) is 1.58. The Labute approximate surface area is 157 Å². The first-order chi connectivity index (χ1) is 12.7. The van der Waals surface area contributed by atoms with Crippen molar-refractivity contribution in [3.8, 4) is 5.75 Å². The second-order valence-electron chi connectivity index (χ2n) is 6.07. The first kappa shape index (κ1) is 18.4. The molecule has 0 aliphatic carbocycles. The van der Waals surface area contributed by atoms with Gasteiger partial charge in [0.1, 0.15) is 5.75 Å². The number of hydrogen-bond donors (Lipinski definition) is 1. The van der Waals surface area contributed by atoms with Gasteiger partial charge in [0.25, 0.3) is 11.8 Å². The van der Waals surface area contributed by atoms with Crippen LogP contribution >= 0.6 is 11.3 Å². The van der Waals surface area contributed by atoms with Crippen LogP contribution in [0.4, 0.5) is 0 Å². The maximum atomic E-state index is 12.7. The van der Waals surface area contributed by atoms with Gasteiger partial charge in [0.05, 0.1) is 17.6 Å². The second-order valence-corrected chi connectivity index (χ2v) is 7.02. The second kappa shape index (κ2) is 8.82. The average Bonchev–Trinajstić information content (AvgIpc) is 3.23. The summed E-state index contributed by atoms with van der Waals surface area (Å²) >= 11 is 1.44. The summed E-state index contributed by atoms with van der Waals surface area (Å²) in [5, 5.41) is 4.84. The van der Waals surface area contributed by atoms with Crippen LogP contribution in [0.15, 0.2) is 41.8 Å². The van der Waals surface area contributed by atoms with Gasteiger partial charge in [0.2, 0.25) is 0 Å². The molecule has 1 aromatic carbocycles. The predicted octanol–water partition coefficient (Wildman–Crippen LogP) is 1.94. The number of piperazine rings is 1. The molecule has 0 unspecified atom stereocenters. The third kappa shape index (κ3) is 4.42. The smallest absolute Gasteiger partial charge is 0.261 e. The van der Waals surface area contributed by atoms with Crippen molar-refractivity contribution < 1.29 is 14.3 Å². The Hall–Kier alpha value is -2.38. The normalized spacial score (nSPS) is 14.9. The van der Waals surface area contributed by atoms with Crippen molar-refractivity contribution in [2.75, 3.05) is 46.4 Å². The third-order valence-electron chi connectivity index (χ3n) is 4.46. The summed E-state index contributed by atoms with van der Waals surface area (Å²) in [6.45, 7) is 4.35. The van der Waals surface area contributed by atoms with Gasteiger partial charge in [-0.3, -0.25) is 14.5 Å². The number of nitrogens with zero attached hydrogens (tertiary/aromatic N) is 2. The molecule has 0 radical (unpaired) electrons. The lowest BCUT2D eigenvalue weighted by Gasteiger charge is -2.35. The zero-order valence-corrected chi connectivity index (χ0v) is 15.6. The van der Waals surface area contributed by atoms with Gasteiger partial charge in [-0.25, -0.2) is 0 Å². The van der Waals surface area contributed by atoms with E-state index in [9.17, 15) is 9.59 Å². The Morgan fingerprint density at radius 1 is 1.12 bits per heavy atom. The van der Waals surface area contributed by atoms with Gasteiger partial charge in [-0.05, 0) is 23.6 Å². The fourth-order valence-corrected chi connectivity index (χ4v) is 3.63. The molecule has 7 heteroatoms. The fraction of sp³-hybridized carbons (Fsp3) is 0.368. The zero-order valence-electron chi connectivity index (χ0n) is 14.8. The monoisotopic (exact) mass is 373 g/mol. The number of rotatable bonds is 6. The largest absolute Gasteiger partial charge is 0.496 e. The molecule has 2 aromatic rings. The SMILES string of the molecule is COc1ccccc1C(=O)N1CCN(CCNC(=O)c2cccs2)CC1. The number of amides is 2. The Bertz CT molecular complexity index is 740. The van der Waals surface area contributed by atoms with Gasteiger partial charge in [0.15, 0.2) is 0 Å². The molecule has 3 rings (SSSR count). The highest BCUT2D eigenvalue weighted by Gasteiger charge is 2.23. The first-order valence-corrected chi connectivity index (χ1v) is 9.53. The van der Waals surface area contributed by atoms with Crippen LogP contribution in [0, 0.1) is 0 Å². The lowest BCUT2D eigenvalue weighted by molar-refractivity contribution is 0.0635. The summed E-state index contributed by atoms with van der Waals surface area (Å²) in [5.74, 6) is 0.592. The number of thiophene rings is 1. The highest BCUT2D eigenvalue weighted by molar-refractivity contribution is 7.12. The van der Waals surface area contributed by atoms with Crippen LogP contribution in [-0.4, -0.2) is 68.0 Å². The molecule has 26 heavy (non-hydrogen) atoms. The third-order valence-corrected chi connectivity index (χ3v) is 5.32. The van der Waals surface area contributed by atoms with Gasteiger partial charge in [0, 0.05) is 39.3 Å². The molecular weight excluding hydrogens is 350 g/mol. The molecule has 0 bridgehead atoms. The standard InChI is InChI=1S/C19H23N3O3S/c1-25-16-6-3-2-5-15(16)19(24)22-12-10-21(11-13-22)9-8-20-18(23)17-7-4-14-26-17/h2-7,14H,8-13H2,1H3,(H,20,23). The minimum Gasteiger partial charge on any atom is -0.496 e. The van der Waals surface area contributed by atoms with Crippen molar-refractivity contribution in [3.63, 3.8) is 0 Å². The molecule has 138 valence electrons. The van der Waals surface area contributed by atoms with E-state index in [0.717, 1.165) is 24.5 Å². The van der Waals surface area contributed by atoms with E-state index in [0.29, 0.717) is 30.9 Å². The van der Waals surface area contributed by atoms with E-state index in [1.165, 1.54) is 11.3 Å². The number of ether oxygens (including phenoxy) is 1. The van der Waals surface area contributed by atoms with E-state index in [-0.39, 0.29) is 11.8 Å². The highest BCUT2D eigenvalue weighted by Crippen LogP contribution is 2.20. The van der Waals surface area contributed by atoms with E-state index < -0.39 is 0 Å². The van der Waals surface area contributed by atoms with Crippen LogP contribution in [0.5, 0.6) is 5.75 Å². The van der Waals surface area contributed by atoms with Gasteiger partial charge < -0.3 is 15.0 Å². The van der Waals surface area contributed by atoms with Crippen molar-refractivity contribution in [2.45, 2.75) is 0 Å². The summed E-state index contributed by atoms with van der Waals surface area (Å²) in [6, 6.07) is 11.0. The van der Waals surface area contributed by atoms with Crippen LogP contribution in [0.25, 0.3) is 0 Å². The van der Waals surface area contributed by atoms with Crippen LogP contribution in [0.2, 0.25) is 0 Å². The molecule has 1 aliphatic rings. The minimum atomic E-state index is -0.0232. The number of benzene rings is 1. The van der Waals surface area contributed by atoms with Crippen LogP contribution in [0.1, 0.15) is 20.0 Å². The first-order valence-electron chi connectivity index (χ1n) is 8.65. The maximum absolute atomic E-state index is 12.7. The number of hydrogen-bond acceptors (Lipinski definition) is 5. The van der Waals surface area contributed by atoms with E-state index in [1.54, 1.807) is 19.2 Å². The fourth-order valence-electron chi connectivity index (χ4n) is 2.99. The van der Waals surface area contributed by atoms with Crippen LogP contribution < -0.4 is 10.1 Å². The quantitative estimate of drug-likeness (QED) is 0.841. The molecule has 1 aromatic heterocycles. The summed E-state index contributed by atoms with van der Waals surface area (Å²) < 4.78 is 5.29. The average molecular weight is 373 g/mol. The number of carbonyl (C=O) groups excluding carboxylic acids is 2. The Morgan fingerprint density at radius 3 is 2.58 bits per heavy atom.